The van der Waals surface area contributed by atoms with E-state index < -0.39 is 0 Å². The van der Waals surface area contributed by atoms with Gasteiger partial charge in [0.15, 0.2) is 5.82 Å². The number of aromatic nitrogens is 4. The minimum absolute atomic E-state index is 0.641. The quantitative estimate of drug-likeness (QED) is 0.661. The standard InChI is InChI=1S/C13H19BrN6/c1-5-6-10-16-12(18-15)7(2)13(17-10)20-9(4)11(14)8(3)19-20/h5-6,15H2,1-4H3,(H,16,17,18). The van der Waals surface area contributed by atoms with Crippen LogP contribution in [0.3, 0.4) is 0 Å². The molecule has 3 N–H and O–H groups in total. The molecule has 0 aliphatic heterocycles. The SMILES string of the molecule is CCCc1nc(NN)c(C)c(-n2nc(C)c(Br)c2C)n1. The van der Waals surface area contributed by atoms with Crippen LogP contribution in [0.4, 0.5) is 5.82 Å². The molecule has 0 bridgehead atoms. The first-order chi connectivity index (χ1) is 9.49. The van der Waals surface area contributed by atoms with Crippen molar-refractivity contribution in [3.63, 3.8) is 0 Å². The van der Waals surface area contributed by atoms with Crippen molar-refractivity contribution < 1.29 is 0 Å². The number of nitrogen functional groups attached to an aromatic ring is 1. The van der Waals surface area contributed by atoms with Gasteiger partial charge in [0, 0.05) is 12.0 Å². The zero-order chi connectivity index (χ0) is 14.9. The number of hydrogen-bond donors (Lipinski definition) is 2. The fourth-order valence-electron chi connectivity index (χ4n) is 2.06. The Hall–Kier alpha value is -1.47. The van der Waals surface area contributed by atoms with E-state index >= 15 is 0 Å². The van der Waals surface area contributed by atoms with E-state index in [1.165, 1.54) is 0 Å². The van der Waals surface area contributed by atoms with Gasteiger partial charge in [0.05, 0.1) is 15.9 Å². The van der Waals surface area contributed by atoms with Crippen molar-refractivity contribution in [2.45, 2.75) is 40.5 Å². The van der Waals surface area contributed by atoms with Gasteiger partial charge in [-0.25, -0.2) is 20.5 Å². The molecule has 0 unspecified atom stereocenters. The van der Waals surface area contributed by atoms with Gasteiger partial charge in [-0.3, -0.25) is 0 Å². The topological polar surface area (TPSA) is 81.6 Å². The number of aryl methyl sites for hydroxylation is 2. The Morgan fingerprint density at radius 3 is 2.45 bits per heavy atom. The average molecular weight is 339 g/mol. The van der Waals surface area contributed by atoms with Gasteiger partial charge in [-0.05, 0) is 43.1 Å². The Labute approximate surface area is 126 Å². The molecule has 108 valence electrons. The lowest BCUT2D eigenvalue weighted by molar-refractivity contribution is 0.758. The van der Waals surface area contributed by atoms with Gasteiger partial charge in [0.1, 0.15) is 11.6 Å². The van der Waals surface area contributed by atoms with Gasteiger partial charge in [-0.1, -0.05) is 6.92 Å². The Bertz CT molecular complexity index is 634. The molecule has 20 heavy (non-hydrogen) atoms. The van der Waals surface area contributed by atoms with Crippen LogP contribution >= 0.6 is 15.9 Å². The van der Waals surface area contributed by atoms with E-state index in [2.05, 4.69) is 43.3 Å². The Kier molecular flexibility index (Phi) is 4.39. The molecule has 0 saturated heterocycles. The molecule has 0 atom stereocenters. The summed E-state index contributed by atoms with van der Waals surface area (Å²) < 4.78 is 2.82. The molecule has 0 aliphatic carbocycles. The van der Waals surface area contributed by atoms with Gasteiger partial charge in [-0.2, -0.15) is 5.10 Å². The third kappa shape index (κ3) is 2.55. The number of halogens is 1. The van der Waals surface area contributed by atoms with Crippen LogP contribution in [-0.4, -0.2) is 19.7 Å². The molecule has 0 amide bonds. The lowest BCUT2D eigenvalue weighted by Crippen LogP contribution is -2.16. The maximum absolute atomic E-state index is 5.56. The van der Waals surface area contributed by atoms with Crippen LogP contribution in [-0.2, 0) is 6.42 Å². The largest absolute Gasteiger partial charge is 0.308 e. The van der Waals surface area contributed by atoms with E-state index in [0.29, 0.717) is 5.82 Å². The summed E-state index contributed by atoms with van der Waals surface area (Å²) in [4.78, 5) is 9.05. The second kappa shape index (κ2) is 5.88. The molecule has 2 rings (SSSR count). The van der Waals surface area contributed by atoms with Crippen LogP contribution in [0, 0.1) is 20.8 Å². The summed E-state index contributed by atoms with van der Waals surface area (Å²) >= 11 is 3.54. The van der Waals surface area contributed by atoms with Crippen molar-refractivity contribution in [2.75, 3.05) is 5.43 Å². The number of hydrazine groups is 1. The van der Waals surface area contributed by atoms with E-state index in [4.69, 9.17) is 5.84 Å². The van der Waals surface area contributed by atoms with Gasteiger partial charge in [0.25, 0.3) is 0 Å². The monoisotopic (exact) mass is 338 g/mol. The number of nitrogens with zero attached hydrogens (tertiary/aromatic N) is 4. The predicted octanol–water partition coefficient (Wildman–Crippen LogP) is 2.59. The molecule has 2 aromatic rings. The maximum Gasteiger partial charge on any atom is 0.162 e. The predicted molar refractivity (Wildman–Crippen MR) is 82.9 cm³/mol. The summed E-state index contributed by atoms with van der Waals surface area (Å²) in [5, 5.41) is 4.53. The number of rotatable bonds is 4. The first kappa shape index (κ1) is 14.9. The van der Waals surface area contributed by atoms with Crippen molar-refractivity contribution in [3.05, 3.63) is 27.2 Å². The number of nitrogens with two attached hydrogens (primary N) is 1. The smallest absolute Gasteiger partial charge is 0.162 e. The number of anilines is 1. The maximum atomic E-state index is 5.56. The van der Waals surface area contributed by atoms with Crippen molar-refractivity contribution in [3.8, 4) is 5.82 Å². The summed E-state index contributed by atoms with van der Waals surface area (Å²) in [7, 11) is 0. The molecule has 2 aromatic heterocycles. The molecule has 0 radical (unpaired) electrons. The van der Waals surface area contributed by atoms with Crippen LogP contribution < -0.4 is 11.3 Å². The molecule has 0 aliphatic rings. The molecule has 0 aromatic carbocycles. The second-order valence-corrected chi connectivity index (χ2v) is 5.52. The van der Waals surface area contributed by atoms with E-state index in [0.717, 1.165) is 45.9 Å². The highest BCUT2D eigenvalue weighted by Gasteiger charge is 2.17. The van der Waals surface area contributed by atoms with Gasteiger partial charge in [-0.15, -0.1) is 0 Å². The lowest BCUT2D eigenvalue weighted by atomic mass is 10.2. The molecule has 0 saturated carbocycles. The molecule has 7 heteroatoms. The molecular weight excluding hydrogens is 320 g/mol. The Morgan fingerprint density at radius 1 is 1.25 bits per heavy atom. The zero-order valence-electron chi connectivity index (χ0n) is 12.2. The summed E-state index contributed by atoms with van der Waals surface area (Å²) in [5.41, 5.74) is 5.46. The molecular formula is C13H19BrN6. The molecule has 0 fully saturated rings. The van der Waals surface area contributed by atoms with Crippen LogP contribution in [0.15, 0.2) is 4.47 Å². The molecule has 0 spiro atoms. The van der Waals surface area contributed by atoms with E-state index in [-0.39, 0.29) is 0 Å². The normalized spacial score (nSPS) is 10.9. The summed E-state index contributed by atoms with van der Waals surface area (Å²) in [5.74, 6) is 7.73. The van der Waals surface area contributed by atoms with Crippen LogP contribution in [0.2, 0.25) is 0 Å². The van der Waals surface area contributed by atoms with Crippen LogP contribution in [0.25, 0.3) is 5.82 Å². The molecule has 6 nitrogen and oxygen atoms in total. The third-order valence-electron chi connectivity index (χ3n) is 3.18. The van der Waals surface area contributed by atoms with E-state index in [1.807, 2.05) is 25.5 Å². The zero-order valence-corrected chi connectivity index (χ0v) is 13.7. The Balaban J connectivity index is 2.65. The van der Waals surface area contributed by atoms with Crippen molar-refractivity contribution in [2.24, 2.45) is 5.84 Å². The molecule has 2 heterocycles. The fraction of sp³-hybridized carbons (Fsp3) is 0.462. The van der Waals surface area contributed by atoms with E-state index in [1.54, 1.807) is 0 Å². The highest BCUT2D eigenvalue weighted by molar-refractivity contribution is 9.10. The minimum atomic E-state index is 0.641. The van der Waals surface area contributed by atoms with E-state index in [9.17, 15) is 0 Å². The Morgan fingerprint density at radius 2 is 1.95 bits per heavy atom. The van der Waals surface area contributed by atoms with Crippen molar-refractivity contribution in [1.29, 1.82) is 0 Å². The highest BCUT2D eigenvalue weighted by Crippen LogP contribution is 2.25. The number of nitrogens with one attached hydrogen (secondary N) is 1. The van der Waals surface area contributed by atoms with Gasteiger partial charge >= 0.3 is 0 Å². The summed E-state index contributed by atoms with van der Waals surface area (Å²) in [6, 6.07) is 0. The fourth-order valence-corrected chi connectivity index (χ4v) is 2.31. The second-order valence-electron chi connectivity index (χ2n) is 4.73. The first-order valence-electron chi connectivity index (χ1n) is 6.55. The van der Waals surface area contributed by atoms with Crippen molar-refractivity contribution in [1.82, 2.24) is 19.7 Å². The van der Waals surface area contributed by atoms with Gasteiger partial charge < -0.3 is 5.43 Å². The summed E-state index contributed by atoms with van der Waals surface area (Å²) in [6.07, 6.45) is 1.79. The van der Waals surface area contributed by atoms with Crippen molar-refractivity contribution >= 4 is 21.7 Å². The summed E-state index contributed by atoms with van der Waals surface area (Å²) in [6.45, 7) is 7.99. The van der Waals surface area contributed by atoms with Crippen LogP contribution in [0.5, 0.6) is 0 Å². The first-order valence-corrected chi connectivity index (χ1v) is 7.35. The number of hydrogen-bond acceptors (Lipinski definition) is 5. The third-order valence-corrected chi connectivity index (χ3v) is 4.33. The lowest BCUT2D eigenvalue weighted by Gasteiger charge is -2.12. The van der Waals surface area contributed by atoms with Gasteiger partial charge in [0.2, 0.25) is 0 Å². The highest BCUT2D eigenvalue weighted by atomic mass is 79.9. The van der Waals surface area contributed by atoms with Crippen LogP contribution in [0.1, 0.15) is 36.1 Å². The average Bonchev–Trinajstić information content (AvgIpc) is 2.68. The minimum Gasteiger partial charge on any atom is -0.308 e.